The van der Waals surface area contributed by atoms with E-state index in [1.54, 1.807) is 7.11 Å². The lowest BCUT2D eigenvalue weighted by molar-refractivity contribution is -0.127. The summed E-state index contributed by atoms with van der Waals surface area (Å²) in [6.07, 6.45) is 13.2. The number of ketones is 1. The van der Waals surface area contributed by atoms with Gasteiger partial charge in [-0.15, -0.1) is 0 Å². The van der Waals surface area contributed by atoms with Gasteiger partial charge >= 0.3 is 0 Å². The highest BCUT2D eigenvalue weighted by molar-refractivity contribution is 6.01. The van der Waals surface area contributed by atoms with Gasteiger partial charge in [0.15, 0.2) is 5.76 Å². The van der Waals surface area contributed by atoms with Crippen LogP contribution >= 0.6 is 0 Å². The normalized spacial score (nSPS) is 31.4. The fraction of sp³-hybridized carbons (Fsp3) is 0.500. The first-order chi connectivity index (χ1) is 16.2. The van der Waals surface area contributed by atoms with Gasteiger partial charge < -0.3 is 14.6 Å². The molecule has 0 spiro atoms. The van der Waals surface area contributed by atoms with Crippen molar-refractivity contribution in [1.82, 2.24) is 0 Å². The Morgan fingerprint density at radius 3 is 2.44 bits per heavy atom. The maximum atomic E-state index is 13.6. The molecule has 0 saturated heterocycles. The molecule has 184 valence electrons. The van der Waals surface area contributed by atoms with Crippen molar-refractivity contribution in [2.75, 3.05) is 7.11 Å². The lowest BCUT2D eigenvalue weighted by atomic mass is 9.73. The number of benzene rings is 1. The minimum atomic E-state index is -0.551. The zero-order chi connectivity index (χ0) is 24.7. The minimum absolute atomic E-state index is 0.0297. The molecule has 4 nitrogen and oxygen atoms in total. The molecular formula is C30H40O4. The first-order valence-electron chi connectivity index (χ1n) is 12.4. The van der Waals surface area contributed by atoms with Crippen LogP contribution in [0.25, 0.3) is 0 Å². The van der Waals surface area contributed by atoms with Crippen molar-refractivity contribution in [1.29, 1.82) is 0 Å². The number of fused-ring (bicyclic) bond motifs is 1. The predicted octanol–water partition coefficient (Wildman–Crippen LogP) is 6.85. The van der Waals surface area contributed by atoms with E-state index in [0.717, 1.165) is 42.6 Å². The van der Waals surface area contributed by atoms with Gasteiger partial charge in [0, 0.05) is 5.41 Å². The largest absolute Gasteiger partial charge is 0.497 e. The number of hydrogen-bond donors (Lipinski definition) is 1. The van der Waals surface area contributed by atoms with Crippen molar-refractivity contribution in [3.05, 3.63) is 76.6 Å². The maximum Gasteiger partial charge on any atom is 0.203 e. The van der Waals surface area contributed by atoms with Gasteiger partial charge in [0.1, 0.15) is 12.4 Å². The van der Waals surface area contributed by atoms with Crippen molar-refractivity contribution in [3.8, 4) is 5.75 Å². The third kappa shape index (κ3) is 6.50. The van der Waals surface area contributed by atoms with E-state index in [0.29, 0.717) is 25.2 Å². The molecule has 1 aromatic carbocycles. The summed E-state index contributed by atoms with van der Waals surface area (Å²) in [7, 11) is 1.64. The van der Waals surface area contributed by atoms with Crippen LogP contribution in [-0.4, -0.2) is 24.1 Å². The van der Waals surface area contributed by atoms with Crippen LogP contribution in [-0.2, 0) is 16.1 Å². The van der Waals surface area contributed by atoms with E-state index in [-0.39, 0.29) is 11.7 Å². The van der Waals surface area contributed by atoms with Gasteiger partial charge in [0.25, 0.3) is 0 Å². The Bertz CT molecular complexity index is 980. The van der Waals surface area contributed by atoms with Gasteiger partial charge in [-0.25, -0.2) is 0 Å². The summed E-state index contributed by atoms with van der Waals surface area (Å²) < 4.78 is 11.3. The zero-order valence-corrected chi connectivity index (χ0v) is 21.4. The average molecular weight is 465 g/mol. The molecule has 2 aliphatic rings. The zero-order valence-electron chi connectivity index (χ0n) is 21.4. The second-order valence-corrected chi connectivity index (χ2v) is 10.1. The number of hydrogen-bond acceptors (Lipinski definition) is 4. The van der Waals surface area contributed by atoms with E-state index in [4.69, 9.17) is 9.47 Å². The van der Waals surface area contributed by atoms with E-state index in [9.17, 15) is 9.90 Å². The number of carbonyl (C=O) groups is 1. The third-order valence-corrected chi connectivity index (χ3v) is 7.40. The maximum absolute atomic E-state index is 13.6. The first kappa shape index (κ1) is 26.0. The minimum Gasteiger partial charge on any atom is -0.497 e. The molecule has 0 heterocycles. The highest BCUT2D eigenvalue weighted by atomic mass is 16.5. The highest BCUT2D eigenvalue weighted by Gasteiger charge is 2.46. The number of rotatable bonds is 4. The number of aliphatic hydroxyl groups is 1. The van der Waals surface area contributed by atoms with Crippen LogP contribution in [0.5, 0.6) is 5.75 Å². The quantitative estimate of drug-likeness (QED) is 0.495. The Hall–Kier alpha value is -2.59. The molecule has 34 heavy (non-hydrogen) atoms. The molecule has 0 amide bonds. The third-order valence-electron chi connectivity index (χ3n) is 7.40. The standard InChI is InChI=1S/C30H40O4/c1-21-7-6-8-22(2)17-18-30(4)25(13-10-23(3)27(31)16-9-21)19-28(29(30)32)34-20-24-11-14-26(33-5)15-12-24/h7,10-12,14-15,17,19,25,27,31H,6,8-9,13,16,18,20H2,1-5H3/b21-7+,22-17+,23-10+/t25-,27+,30+/m1/s1. The van der Waals surface area contributed by atoms with Crippen LogP contribution in [0.4, 0.5) is 0 Å². The number of aliphatic hydroxyl groups excluding tert-OH is 1. The summed E-state index contributed by atoms with van der Waals surface area (Å²) in [6.45, 7) is 8.70. The summed E-state index contributed by atoms with van der Waals surface area (Å²) in [5.74, 6) is 1.36. The summed E-state index contributed by atoms with van der Waals surface area (Å²) in [5, 5.41) is 10.6. The molecule has 1 aromatic rings. The number of Topliss-reactive ketones (excluding diaryl/α,β-unsaturated/α-hetero) is 1. The monoisotopic (exact) mass is 464 g/mol. The summed E-state index contributed by atoms with van der Waals surface area (Å²) >= 11 is 0. The fourth-order valence-corrected chi connectivity index (χ4v) is 4.64. The highest BCUT2D eigenvalue weighted by Crippen LogP contribution is 2.45. The lowest BCUT2D eigenvalue weighted by Gasteiger charge is -2.28. The Balaban J connectivity index is 1.81. The van der Waals surface area contributed by atoms with Crippen LogP contribution in [0.2, 0.25) is 0 Å². The summed E-state index contributed by atoms with van der Waals surface area (Å²) in [6, 6.07) is 7.70. The molecule has 2 aliphatic carbocycles. The molecule has 3 rings (SSSR count). The number of methoxy groups -OCH3 is 1. The van der Waals surface area contributed by atoms with Gasteiger partial charge in [-0.1, -0.05) is 48.4 Å². The molecule has 0 radical (unpaired) electrons. The van der Waals surface area contributed by atoms with Gasteiger partial charge in [0.2, 0.25) is 5.78 Å². The second kappa shape index (κ2) is 11.7. The molecule has 4 heteroatoms. The van der Waals surface area contributed by atoms with Crippen molar-refractivity contribution in [2.24, 2.45) is 11.3 Å². The van der Waals surface area contributed by atoms with Gasteiger partial charge in [-0.05, 0) is 94.6 Å². The SMILES string of the molecule is COc1ccc(COC2=C[C@H]3C/C=C(\C)[C@@H](O)CC/C(C)=C/CC/C(C)=C/C[C@]3(C)C2=O)cc1. The Kier molecular flexibility index (Phi) is 8.96. The van der Waals surface area contributed by atoms with E-state index in [2.05, 4.69) is 39.0 Å². The smallest absolute Gasteiger partial charge is 0.203 e. The Morgan fingerprint density at radius 1 is 1.03 bits per heavy atom. The van der Waals surface area contributed by atoms with E-state index in [1.165, 1.54) is 11.1 Å². The molecule has 0 aromatic heterocycles. The lowest BCUT2D eigenvalue weighted by Crippen LogP contribution is -2.31. The molecule has 0 fully saturated rings. The predicted molar refractivity (Wildman–Crippen MR) is 137 cm³/mol. The average Bonchev–Trinajstić information content (AvgIpc) is 3.07. The van der Waals surface area contributed by atoms with Crippen molar-refractivity contribution < 1.29 is 19.4 Å². The molecular weight excluding hydrogens is 424 g/mol. The van der Waals surface area contributed by atoms with Crippen molar-refractivity contribution in [2.45, 2.75) is 78.9 Å². The fourth-order valence-electron chi connectivity index (χ4n) is 4.64. The Labute approximate surface area is 205 Å². The summed E-state index contributed by atoms with van der Waals surface area (Å²) in [5.41, 5.74) is 4.06. The van der Waals surface area contributed by atoms with Crippen LogP contribution in [0.3, 0.4) is 0 Å². The van der Waals surface area contributed by atoms with Gasteiger partial charge in [0.05, 0.1) is 13.2 Å². The van der Waals surface area contributed by atoms with Crippen molar-refractivity contribution >= 4 is 5.78 Å². The molecule has 3 atom stereocenters. The number of carbonyl (C=O) groups excluding carboxylic acids is 1. The van der Waals surface area contributed by atoms with E-state index in [1.807, 2.05) is 37.3 Å². The van der Waals surface area contributed by atoms with Gasteiger partial charge in [-0.2, -0.15) is 0 Å². The topological polar surface area (TPSA) is 55.8 Å². The van der Waals surface area contributed by atoms with E-state index >= 15 is 0 Å². The summed E-state index contributed by atoms with van der Waals surface area (Å²) in [4.78, 5) is 13.6. The molecule has 0 aliphatic heterocycles. The molecule has 0 unspecified atom stereocenters. The van der Waals surface area contributed by atoms with Crippen LogP contribution in [0, 0.1) is 11.3 Å². The van der Waals surface area contributed by atoms with Crippen LogP contribution in [0.15, 0.2) is 71.0 Å². The van der Waals surface area contributed by atoms with Crippen LogP contribution in [0.1, 0.15) is 71.8 Å². The molecule has 1 N–H and O–H groups in total. The van der Waals surface area contributed by atoms with E-state index < -0.39 is 11.5 Å². The van der Waals surface area contributed by atoms with Crippen LogP contribution < -0.4 is 4.74 Å². The number of allylic oxidation sites excluding steroid dienone is 7. The molecule has 0 saturated carbocycles. The van der Waals surface area contributed by atoms with Gasteiger partial charge in [-0.3, -0.25) is 4.79 Å². The Morgan fingerprint density at radius 2 is 1.74 bits per heavy atom. The molecule has 0 bridgehead atoms. The number of ether oxygens (including phenoxy) is 2. The first-order valence-corrected chi connectivity index (χ1v) is 12.4. The second-order valence-electron chi connectivity index (χ2n) is 10.1. The van der Waals surface area contributed by atoms with Crippen molar-refractivity contribution in [3.63, 3.8) is 0 Å².